The molecule has 3 N–H and O–H groups in total. The minimum Gasteiger partial charge on any atom is -0.487 e. The number of aromatic nitrogens is 1. The Bertz CT molecular complexity index is 599. The van der Waals surface area contributed by atoms with E-state index in [1.807, 2.05) is 30.3 Å². The number of amides is 1. The second kappa shape index (κ2) is 6.68. The van der Waals surface area contributed by atoms with E-state index in [9.17, 15) is 4.79 Å². The van der Waals surface area contributed by atoms with E-state index in [4.69, 9.17) is 10.5 Å². The first-order chi connectivity index (χ1) is 9.70. The number of nitrogens with two attached hydrogens (primary N) is 1. The first-order valence-electron chi connectivity index (χ1n) is 6.33. The molecule has 1 aromatic carbocycles. The van der Waals surface area contributed by atoms with Crippen LogP contribution in [0, 0.1) is 0 Å². The zero-order chi connectivity index (χ0) is 14.4. The fourth-order valence-electron chi connectivity index (χ4n) is 1.83. The van der Waals surface area contributed by atoms with Gasteiger partial charge in [0.2, 0.25) is 5.91 Å². The van der Waals surface area contributed by atoms with Gasteiger partial charge in [-0.1, -0.05) is 18.2 Å². The third-order valence-corrected chi connectivity index (χ3v) is 2.76. The van der Waals surface area contributed by atoms with Crippen LogP contribution in [0.1, 0.15) is 18.2 Å². The van der Waals surface area contributed by atoms with E-state index >= 15 is 0 Å². The molecule has 2 aromatic rings. The number of para-hydroxylation sites is 2. The molecule has 0 spiro atoms. The summed E-state index contributed by atoms with van der Waals surface area (Å²) in [5.74, 6) is 0.486. The monoisotopic (exact) mass is 271 g/mol. The maximum absolute atomic E-state index is 11.1. The second-order valence-corrected chi connectivity index (χ2v) is 4.28. The number of nitrogens with zero attached hydrogens (tertiary/aromatic N) is 1. The molecule has 5 nitrogen and oxygen atoms in total. The van der Waals surface area contributed by atoms with Gasteiger partial charge in [-0.3, -0.25) is 9.78 Å². The molecule has 0 aliphatic heterocycles. The van der Waals surface area contributed by atoms with Crippen molar-refractivity contribution in [3.63, 3.8) is 0 Å². The Hall–Kier alpha value is -2.40. The SMILES string of the molecule is CC(=O)Nc1ccccc1OCc1cccnc1CN. The lowest BCUT2D eigenvalue weighted by Crippen LogP contribution is -2.09. The van der Waals surface area contributed by atoms with Crippen molar-refractivity contribution in [3.05, 3.63) is 53.9 Å². The van der Waals surface area contributed by atoms with E-state index in [1.165, 1.54) is 6.92 Å². The van der Waals surface area contributed by atoms with Crippen molar-refractivity contribution >= 4 is 11.6 Å². The summed E-state index contributed by atoms with van der Waals surface area (Å²) in [5.41, 5.74) is 8.04. The molecule has 0 aliphatic carbocycles. The van der Waals surface area contributed by atoms with Gasteiger partial charge in [0.25, 0.3) is 0 Å². The number of ether oxygens (including phenoxy) is 1. The van der Waals surface area contributed by atoms with Gasteiger partial charge >= 0.3 is 0 Å². The Labute approximate surface area is 117 Å². The van der Waals surface area contributed by atoms with Crippen LogP contribution in [0.15, 0.2) is 42.6 Å². The number of hydrogen-bond acceptors (Lipinski definition) is 4. The number of rotatable bonds is 5. The number of pyridine rings is 1. The van der Waals surface area contributed by atoms with Crippen LogP contribution < -0.4 is 15.8 Å². The molecule has 0 atom stereocenters. The van der Waals surface area contributed by atoms with E-state index in [0.29, 0.717) is 24.6 Å². The first kappa shape index (κ1) is 14.0. The van der Waals surface area contributed by atoms with Crippen LogP contribution in [-0.4, -0.2) is 10.9 Å². The van der Waals surface area contributed by atoms with E-state index < -0.39 is 0 Å². The maximum atomic E-state index is 11.1. The number of nitrogens with one attached hydrogen (secondary N) is 1. The molecule has 20 heavy (non-hydrogen) atoms. The molecular formula is C15H17N3O2. The molecule has 1 amide bonds. The summed E-state index contributed by atoms with van der Waals surface area (Å²) in [6.45, 7) is 2.19. The van der Waals surface area contributed by atoms with Crippen LogP contribution in [0.3, 0.4) is 0 Å². The fourth-order valence-corrected chi connectivity index (χ4v) is 1.83. The highest BCUT2D eigenvalue weighted by Gasteiger charge is 2.06. The minimum absolute atomic E-state index is 0.134. The van der Waals surface area contributed by atoms with Gasteiger partial charge in [0.15, 0.2) is 0 Å². The van der Waals surface area contributed by atoms with Gasteiger partial charge in [-0.2, -0.15) is 0 Å². The number of carbonyl (C=O) groups excluding carboxylic acids is 1. The number of carbonyl (C=O) groups is 1. The molecule has 0 aliphatic rings. The average molecular weight is 271 g/mol. The molecule has 0 fully saturated rings. The second-order valence-electron chi connectivity index (χ2n) is 4.28. The molecule has 0 radical (unpaired) electrons. The Kier molecular flexibility index (Phi) is 4.68. The summed E-state index contributed by atoms with van der Waals surface area (Å²) in [7, 11) is 0. The number of benzene rings is 1. The molecule has 104 valence electrons. The van der Waals surface area contributed by atoms with Gasteiger partial charge in [0, 0.05) is 25.2 Å². The molecular weight excluding hydrogens is 254 g/mol. The van der Waals surface area contributed by atoms with E-state index in [-0.39, 0.29) is 5.91 Å². The van der Waals surface area contributed by atoms with E-state index in [2.05, 4.69) is 10.3 Å². The van der Waals surface area contributed by atoms with Crippen molar-refractivity contribution in [2.45, 2.75) is 20.1 Å². The van der Waals surface area contributed by atoms with Gasteiger partial charge in [0.1, 0.15) is 12.4 Å². The van der Waals surface area contributed by atoms with Gasteiger partial charge in [-0.15, -0.1) is 0 Å². The quantitative estimate of drug-likeness (QED) is 0.872. The molecule has 0 unspecified atom stereocenters. The van der Waals surface area contributed by atoms with Crippen LogP contribution >= 0.6 is 0 Å². The lowest BCUT2D eigenvalue weighted by atomic mass is 10.2. The zero-order valence-electron chi connectivity index (χ0n) is 11.3. The topological polar surface area (TPSA) is 77.2 Å². The normalized spacial score (nSPS) is 10.1. The predicted octanol–water partition coefficient (Wildman–Crippen LogP) is 2.08. The fraction of sp³-hybridized carbons (Fsp3) is 0.200. The predicted molar refractivity (Wildman–Crippen MR) is 77.2 cm³/mol. The lowest BCUT2D eigenvalue weighted by molar-refractivity contribution is -0.114. The zero-order valence-corrected chi connectivity index (χ0v) is 11.3. The molecule has 0 saturated carbocycles. The van der Waals surface area contributed by atoms with Gasteiger partial charge in [0.05, 0.1) is 11.4 Å². The summed E-state index contributed by atoms with van der Waals surface area (Å²) in [6.07, 6.45) is 1.71. The molecule has 1 aromatic heterocycles. The van der Waals surface area contributed by atoms with Crippen molar-refractivity contribution in [1.82, 2.24) is 4.98 Å². The van der Waals surface area contributed by atoms with E-state index in [1.54, 1.807) is 12.3 Å². The first-order valence-corrected chi connectivity index (χ1v) is 6.33. The van der Waals surface area contributed by atoms with Crippen molar-refractivity contribution in [1.29, 1.82) is 0 Å². The van der Waals surface area contributed by atoms with Crippen molar-refractivity contribution in [2.24, 2.45) is 5.73 Å². The highest BCUT2D eigenvalue weighted by atomic mass is 16.5. The Balaban J connectivity index is 2.12. The van der Waals surface area contributed by atoms with Crippen LogP contribution in [0.2, 0.25) is 0 Å². The summed E-state index contributed by atoms with van der Waals surface area (Å²) < 4.78 is 5.76. The standard InChI is InChI=1S/C15H17N3O2/c1-11(19)18-13-6-2-3-7-15(13)20-10-12-5-4-8-17-14(12)9-16/h2-8H,9-10,16H2,1H3,(H,18,19). The highest BCUT2D eigenvalue weighted by Crippen LogP contribution is 2.24. The molecule has 2 rings (SSSR count). The lowest BCUT2D eigenvalue weighted by Gasteiger charge is -2.12. The highest BCUT2D eigenvalue weighted by molar-refractivity contribution is 5.90. The van der Waals surface area contributed by atoms with Gasteiger partial charge < -0.3 is 15.8 Å². The minimum atomic E-state index is -0.134. The Morgan fingerprint density at radius 3 is 2.85 bits per heavy atom. The van der Waals surface area contributed by atoms with Gasteiger partial charge in [-0.05, 0) is 18.2 Å². The van der Waals surface area contributed by atoms with E-state index in [0.717, 1.165) is 11.3 Å². The van der Waals surface area contributed by atoms with Crippen LogP contribution in [0.4, 0.5) is 5.69 Å². The molecule has 5 heteroatoms. The molecule has 0 bridgehead atoms. The molecule has 0 saturated heterocycles. The largest absolute Gasteiger partial charge is 0.487 e. The smallest absolute Gasteiger partial charge is 0.221 e. The van der Waals surface area contributed by atoms with Gasteiger partial charge in [-0.25, -0.2) is 0 Å². The van der Waals surface area contributed by atoms with Crippen molar-refractivity contribution in [3.8, 4) is 5.75 Å². The number of hydrogen-bond donors (Lipinski definition) is 2. The van der Waals surface area contributed by atoms with Crippen LogP contribution in [-0.2, 0) is 17.9 Å². The molecule has 1 heterocycles. The van der Waals surface area contributed by atoms with Crippen molar-refractivity contribution < 1.29 is 9.53 Å². The summed E-state index contributed by atoms with van der Waals surface area (Å²) in [5, 5.41) is 2.73. The third-order valence-electron chi connectivity index (χ3n) is 2.76. The number of anilines is 1. The summed E-state index contributed by atoms with van der Waals surface area (Å²) in [6, 6.07) is 11.1. The van der Waals surface area contributed by atoms with Crippen molar-refractivity contribution in [2.75, 3.05) is 5.32 Å². The maximum Gasteiger partial charge on any atom is 0.221 e. The summed E-state index contributed by atoms with van der Waals surface area (Å²) >= 11 is 0. The summed E-state index contributed by atoms with van der Waals surface area (Å²) in [4.78, 5) is 15.4. The van der Waals surface area contributed by atoms with Crippen LogP contribution in [0.5, 0.6) is 5.75 Å². The van der Waals surface area contributed by atoms with Crippen LogP contribution in [0.25, 0.3) is 0 Å². The Morgan fingerprint density at radius 1 is 1.30 bits per heavy atom. The third kappa shape index (κ3) is 3.55. The Morgan fingerprint density at radius 2 is 2.10 bits per heavy atom. The average Bonchev–Trinajstić information content (AvgIpc) is 2.46.